The summed E-state index contributed by atoms with van der Waals surface area (Å²) in [6.45, 7) is 4.14. The molecule has 0 aliphatic carbocycles. The van der Waals surface area contributed by atoms with Gasteiger partial charge in [-0.3, -0.25) is 4.98 Å². The number of piperidine rings is 1. The Morgan fingerprint density at radius 3 is 3.00 bits per heavy atom. The van der Waals surface area contributed by atoms with Gasteiger partial charge in [-0.1, -0.05) is 25.1 Å². The number of hydrogen-bond acceptors (Lipinski definition) is 3. The van der Waals surface area contributed by atoms with Gasteiger partial charge in [-0.25, -0.2) is 0 Å². The molecule has 2 aromatic rings. The van der Waals surface area contributed by atoms with E-state index in [0.29, 0.717) is 6.04 Å². The molecule has 0 radical (unpaired) electrons. The van der Waals surface area contributed by atoms with Crippen molar-refractivity contribution in [3.05, 3.63) is 36.5 Å². The van der Waals surface area contributed by atoms with Crippen LogP contribution in [0.2, 0.25) is 0 Å². The molecule has 0 bridgehead atoms. The number of hydrogen-bond donors (Lipinski definition) is 1. The molecule has 2 atom stereocenters. The predicted molar refractivity (Wildman–Crippen MR) is 80.3 cm³/mol. The van der Waals surface area contributed by atoms with Gasteiger partial charge in [0.1, 0.15) is 0 Å². The van der Waals surface area contributed by atoms with E-state index in [4.69, 9.17) is 5.73 Å². The molecule has 1 aliphatic rings. The van der Waals surface area contributed by atoms with Crippen molar-refractivity contribution < 1.29 is 0 Å². The van der Waals surface area contributed by atoms with Crippen LogP contribution in [0.25, 0.3) is 10.9 Å². The van der Waals surface area contributed by atoms with Crippen molar-refractivity contribution in [1.82, 2.24) is 4.98 Å². The molecular weight excluding hydrogens is 234 g/mol. The van der Waals surface area contributed by atoms with Gasteiger partial charge in [0.2, 0.25) is 0 Å². The van der Waals surface area contributed by atoms with E-state index in [9.17, 15) is 0 Å². The maximum atomic E-state index is 5.98. The third-order valence-corrected chi connectivity index (χ3v) is 4.19. The Kier molecular flexibility index (Phi) is 3.38. The molecule has 3 heteroatoms. The fourth-order valence-corrected chi connectivity index (χ4v) is 3.12. The summed E-state index contributed by atoms with van der Waals surface area (Å²) in [7, 11) is 0. The molecular formula is C16H21N3. The van der Waals surface area contributed by atoms with Gasteiger partial charge in [0.25, 0.3) is 0 Å². The molecule has 0 spiro atoms. The first-order valence-electron chi connectivity index (χ1n) is 7.10. The average molecular weight is 255 g/mol. The Morgan fingerprint density at radius 1 is 1.32 bits per heavy atom. The zero-order valence-electron chi connectivity index (χ0n) is 11.4. The lowest BCUT2D eigenvalue weighted by atomic mass is 9.91. The minimum absolute atomic E-state index is 0.453. The lowest BCUT2D eigenvalue weighted by Crippen LogP contribution is -2.46. The van der Waals surface area contributed by atoms with Crippen LogP contribution in [-0.2, 0) is 0 Å². The van der Waals surface area contributed by atoms with Gasteiger partial charge in [0.15, 0.2) is 0 Å². The fourth-order valence-electron chi connectivity index (χ4n) is 3.12. The first-order valence-corrected chi connectivity index (χ1v) is 7.10. The summed E-state index contributed by atoms with van der Waals surface area (Å²) < 4.78 is 0. The molecule has 1 aromatic carbocycles. The van der Waals surface area contributed by atoms with Crippen molar-refractivity contribution in [3.8, 4) is 0 Å². The molecule has 1 aromatic heterocycles. The van der Waals surface area contributed by atoms with Gasteiger partial charge >= 0.3 is 0 Å². The van der Waals surface area contributed by atoms with Crippen LogP contribution in [0.5, 0.6) is 0 Å². The summed E-state index contributed by atoms with van der Waals surface area (Å²) in [5.41, 5.74) is 8.33. The number of nitrogens with two attached hydrogens (primary N) is 1. The van der Waals surface area contributed by atoms with E-state index in [-0.39, 0.29) is 0 Å². The summed E-state index contributed by atoms with van der Waals surface area (Å²) in [5.74, 6) is 0.776. The average Bonchev–Trinajstić information content (AvgIpc) is 2.46. The van der Waals surface area contributed by atoms with E-state index in [2.05, 4.69) is 41.1 Å². The van der Waals surface area contributed by atoms with Crippen LogP contribution in [0.1, 0.15) is 19.8 Å². The first-order chi connectivity index (χ1) is 9.29. The molecule has 2 unspecified atom stereocenters. The van der Waals surface area contributed by atoms with E-state index in [1.807, 2.05) is 12.3 Å². The van der Waals surface area contributed by atoms with Gasteiger partial charge in [-0.2, -0.15) is 0 Å². The van der Waals surface area contributed by atoms with Crippen LogP contribution < -0.4 is 10.6 Å². The highest BCUT2D eigenvalue weighted by Crippen LogP contribution is 2.31. The molecule has 100 valence electrons. The second kappa shape index (κ2) is 5.17. The quantitative estimate of drug-likeness (QED) is 0.897. The van der Waals surface area contributed by atoms with Crippen LogP contribution in [0.3, 0.4) is 0 Å². The highest BCUT2D eigenvalue weighted by Gasteiger charge is 2.26. The number of aromatic nitrogens is 1. The molecule has 3 nitrogen and oxygen atoms in total. The van der Waals surface area contributed by atoms with Gasteiger partial charge in [0, 0.05) is 36.4 Å². The zero-order valence-corrected chi connectivity index (χ0v) is 11.4. The van der Waals surface area contributed by atoms with Crippen molar-refractivity contribution in [1.29, 1.82) is 0 Å². The second-order valence-corrected chi connectivity index (χ2v) is 5.56. The largest absolute Gasteiger partial charge is 0.367 e. The Balaban J connectivity index is 2.03. The van der Waals surface area contributed by atoms with E-state index in [1.54, 1.807) is 0 Å². The first kappa shape index (κ1) is 12.4. The standard InChI is InChI=1S/C16H21N3/c1-12-7-9-19(13(10-12)11-17)16-6-8-18-15-5-3-2-4-14(15)16/h2-6,8,12-13H,7,9-11,17H2,1H3. The third-order valence-electron chi connectivity index (χ3n) is 4.19. The smallest absolute Gasteiger partial charge is 0.0722 e. The number of pyridine rings is 1. The highest BCUT2D eigenvalue weighted by atomic mass is 15.2. The maximum Gasteiger partial charge on any atom is 0.0722 e. The Bertz CT molecular complexity index is 561. The molecule has 0 saturated carbocycles. The van der Waals surface area contributed by atoms with Gasteiger partial charge in [-0.15, -0.1) is 0 Å². The summed E-state index contributed by atoms with van der Waals surface area (Å²) in [6.07, 6.45) is 4.34. The van der Waals surface area contributed by atoms with E-state index in [0.717, 1.165) is 24.5 Å². The maximum absolute atomic E-state index is 5.98. The summed E-state index contributed by atoms with van der Waals surface area (Å²) in [6, 6.07) is 10.9. The number of benzene rings is 1. The molecule has 3 rings (SSSR count). The minimum atomic E-state index is 0.453. The molecule has 1 aliphatic heterocycles. The number of anilines is 1. The summed E-state index contributed by atoms with van der Waals surface area (Å²) >= 11 is 0. The van der Waals surface area contributed by atoms with Gasteiger partial charge in [0.05, 0.1) is 5.52 Å². The SMILES string of the molecule is CC1CCN(c2ccnc3ccccc23)C(CN)C1. The second-order valence-electron chi connectivity index (χ2n) is 5.56. The monoisotopic (exact) mass is 255 g/mol. The number of rotatable bonds is 2. The molecule has 1 fully saturated rings. The molecule has 2 heterocycles. The number of nitrogens with zero attached hydrogens (tertiary/aromatic N) is 2. The van der Waals surface area contributed by atoms with Crippen LogP contribution in [0.15, 0.2) is 36.5 Å². The number of fused-ring (bicyclic) bond motifs is 1. The van der Waals surface area contributed by atoms with Crippen LogP contribution in [-0.4, -0.2) is 24.1 Å². The van der Waals surface area contributed by atoms with Crippen molar-refractivity contribution in [2.45, 2.75) is 25.8 Å². The van der Waals surface area contributed by atoms with Crippen molar-refractivity contribution >= 4 is 16.6 Å². The molecule has 19 heavy (non-hydrogen) atoms. The lowest BCUT2D eigenvalue weighted by Gasteiger charge is -2.40. The van der Waals surface area contributed by atoms with E-state index >= 15 is 0 Å². The summed E-state index contributed by atoms with van der Waals surface area (Å²) in [4.78, 5) is 6.92. The normalized spacial score (nSPS) is 23.8. The Labute approximate surface area is 114 Å². The van der Waals surface area contributed by atoms with E-state index in [1.165, 1.54) is 23.9 Å². The Hall–Kier alpha value is -1.61. The van der Waals surface area contributed by atoms with Gasteiger partial charge < -0.3 is 10.6 Å². The zero-order chi connectivity index (χ0) is 13.2. The highest BCUT2D eigenvalue weighted by molar-refractivity contribution is 5.91. The van der Waals surface area contributed by atoms with Crippen LogP contribution in [0.4, 0.5) is 5.69 Å². The third kappa shape index (κ3) is 2.30. The topological polar surface area (TPSA) is 42.2 Å². The summed E-state index contributed by atoms with van der Waals surface area (Å²) in [5, 5.41) is 1.23. The molecule has 0 amide bonds. The van der Waals surface area contributed by atoms with Crippen molar-refractivity contribution in [2.24, 2.45) is 11.7 Å². The lowest BCUT2D eigenvalue weighted by molar-refractivity contribution is 0.367. The minimum Gasteiger partial charge on any atom is -0.367 e. The fraction of sp³-hybridized carbons (Fsp3) is 0.438. The van der Waals surface area contributed by atoms with Crippen LogP contribution >= 0.6 is 0 Å². The van der Waals surface area contributed by atoms with E-state index < -0.39 is 0 Å². The number of para-hydroxylation sites is 1. The molecule has 2 N–H and O–H groups in total. The van der Waals surface area contributed by atoms with Crippen molar-refractivity contribution in [2.75, 3.05) is 18.0 Å². The van der Waals surface area contributed by atoms with Crippen molar-refractivity contribution in [3.63, 3.8) is 0 Å². The van der Waals surface area contributed by atoms with Crippen LogP contribution in [0, 0.1) is 5.92 Å². The Morgan fingerprint density at radius 2 is 2.16 bits per heavy atom. The van der Waals surface area contributed by atoms with Gasteiger partial charge in [-0.05, 0) is 30.9 Å². The molecule has 1 saturated heterocycles. The predicted octanol–water partition coefficient (Wildman–Crippen LogP) is 2.80.